The molecule has 0 aliphatic rings. The first-order valence-electron chi connectivity index (χ1n) is 6.77. The van der Waals surface area contributed by atoms with Crippen molar-refractivity contribution in [3.63, 3.8) is 0 Å². The van der Waals surface area contributed by atoms with Crippen molar-refractivity contribution in [2.45, 2.75) is 13.2 Å². The third kappa shape index (κ3) is 4.10. The van der Waals surface area contributed by atoms with Crippen LogP contribution in [-0.4, -0.2) is 14.2 Å². The summed E-state index contributed by atoms with van der Waals surface area (Å²) in [4.78, 5) is 0. The summed E-state index contributed by atoms with van der Waals surface area (Å²) in [5.74, 6) is 1.66. The van der Waals surface area contributed by atoms with E-state index in [2.05, 4.69) is 6.58 Å². The molecular weight excluding hydrogens is 264 g/mol. The smallest absolute Gasteiger partial charge is 0.127 e. The summed E-state index contributed by atoms with van der Waals surface area (Å²) in [5, 5.41) is 0. The average molecular weight is 284 g/mol. The molecule has 0 radical (unpaired) electrons. The summed E-state index contributed by atoms with van der Waals surface area (Å²) in [6, 6.07) is 13.8. The van der Waals surface area contributed by atoms with E-state index in [1.54, 1.807) is 20.3 Å². The van der Waals surface area contributed by atoms with Crippen LogP contribution in [-0.2, 0) is 18.0 Å². The lowest BCUT2D eigenvalue weighted by Gasteiger charge is -2.11. The molecule has 2 rings (SSSR count). The highest BCUT2D eigenvalue weighted by molar-refractivity contribution is 5.56. The molecule has 0 saturated carbocycles. The Hall–Kier alpha value is -2.26. The number of ether oxygens (including phenoxy) is 3. The zero-order valence-corrected chi connectivity index (χ0v) is 12.5. The second-order valence-electron chi connectivity index (χ2n) is 4.65. The van der Waals surface area contributed by atoms with Gasteiger partial charge in [-0.05, 0) is 29.3 Å². The van der Waals surface area contributed by atoms with E-state index in [1.165, 1.54) is 0 Å². The van der Waals surface area contributed by atoms with Crippen LogP contribution in [0.1, 0.15) is 16.7 Å². The number of hydrogen-bond donors (Lipinski definition) is 0. The molecule has 2 aromatic rings. The van der Waals surface area contributed by atoms with Crippen LogP contribution in [0.2, 0.25) is 0 Å². The van der Waals surface area contributed by atoms with Gasteiger partial charge in [0.2, 0.25) is 0 Å². The molecule has 0 N–H and O–H groups in total. The first-order chi connectivity index (χ1) is 10.3. The van der Waals surface area contributed by atoms with Gasteiger partial charge in [-0.1, -0.05) is 36.9 Å². The fourth-order valence-corrected chi connectivity index (χ4v) is 2.01. The molecule has 0 aromatic heterocycles. The van der Waals surface area contributed by atoms with Gasteiger partial charge in [0.05, 0.1) is 13.7 Å². The molecule has 0 aliphatic heterocycles. The zero-order valence-electron chi connectivity index (χ0n) is 12.5. The maximum atomic E-state index is 5.91. The first kappa shape index (κ1) is 15.1. The molecule has 0 atom stereocenters. The van der Waals surface area contributed by atoms with Gasteiger partial charge in [-0.2, -0.15) is 0 Å². The second-order valence-corrected chi connectivity index (χ2v) is 4.65. The molecule has 21 heavy (non-hydrogen) atoms. The van der Waals surface area contributed by atoms with Gasteiger partial charge in [-0.15, -0.1) is 0 Å². The number of rotatable bonds is 7. The van der Waals surface area contributed by atoms with Crippen molar-refractivity contribution in [3.05, 3.63) is 65.7 Å². The van der Waals surface area contributed by atoms with Gasteiger partial charge in [0.1, 0.15) is 18.1 Å². The summed E-state index contributed by atoms with van der Waals surface area (Å²) in [5.41, 5.74) is 3.14. The molecule has 0 saturated heterocycles. The second kappa shape index (κ2) is 7.50. The van der Waals surface area contributed by atoms with Crippen LogP contribution in [0.4, 0.5) is 0 Å². The number of hydrogen-bond acceptors (Lipinski definition) is 3. The minimum atomic E-state index is 0.501. The van der Waals surface area contributed by atoms with Gasteiger partial charge >= 0.3 is 0 Å². The van der Waals surface area contributed by atoms with E-state index < -0.39 is 0 Å². The molecule has 110 valence electrons. The monoisotopic (exact) mass is 284 g/mol. The van der Waals surface area contributed by atoms with Crippen molar-refractivity contribution >= 4 is 6.08 Å². The van der Waals surface area contributed by atoms with E-state index in [0.717, 1.165) is 28.2 Å². The molecule has 0 unspecified atom stereocenters. The summed E-state index contributed by atoms with van der Waals surface area (Å²) in [7, 11) is 3.34. The third-order valence-corrected chi connectivity index (χ3v) is 3.16. The largest absolute Gasteiger partial charge is 0.497 e. The molecule has 0 aliphatic carbocycles. The van der Waals surface area contributed by atoms with Crippen molar-refractivity contribution in [1.82, 2.24) is 0 Å². The van der Waals surface area contributed by atoms with Crippen LogP contribution in [0.15, 0.2) is 49.0 Å². The van der Waals surface area contributed by atoms with Crippen molar-refractivity contribution in [2.75, 3.05) is 14.2 Å². The number of methoxy groups -OCH3 is 2. The van der Waals surface area contributed by atoms with Crippen LogP contribution < -0.4 is 9.47 Å². The Morgan fingerprint density at radius 1 is 0.952 bits per heavy atom. The van der Waals surface area contributed by atoms with Crippen LogP contribution >= 0.6 is 0 Å². The molecule has 0 amide bonds. The van der Waals surface area contributed by atoms with Crippen LogP contribution in [0, 0.1) is 0 Å². The Morgan fingerprint density at radius 3 is 2.29 bits per heavy atom. The lowest BCUT2D eigenvalue weighted by Crippen LogP contribution is -1.98. The van der Waals surface area contributed by atoms with Crippen LogP contribution in [0.5, 0.6) is 11.5 Å². The van der Waals surface area contributed by atoms with E-state index >= 15 is 0 Å². The molecule has 0 heterocycles. The quantitative estimate of drug-likeness (QED) is 0.767. The molecule has 0 bridgehead atoms. The Morgan fingerprint density at radius 2 is 1.67 bits per heavy atom. The Bertz CT molecular complexity index is 588. The van der Waals surface area contributed by atoms with Gasteiger partial charge < -0.3 is 14.2 Å². The molecule has 0 fully saturated rings. The fourth-order valence-electron chi connectivity index (χ4n) is 2.01. The van der Waals surface area contributed by atoms with Gasteiger partial charge in [0.25, 0.3) is 0 Å². The molecule has 0 spiro atoms. The lowest BCUT2D eigenvalue weighted by molar-refractivity contribution is 0.184. The van der Waals surface area contributed by atoms with Crippen LogP contribution in [0.25, 0.3) is 6.08 Å². The van der Waals surface area contributed by atoms with Crippen LogP contribution in [0.3, 0.4) is 0 Å². The molecule has 2 aromatic carbocycles. The topological polar surface area (TPSA) is 27.7 Å². The highest BCUT2D eigenvalue weighted by Crippen LogP contribution is 2.23. The Balaban J connectivity index is 2.09. The lowest BCUT2D eigenvalue weighted by atomic mass is 10.1. The Kier molecular flexibility index (Phi) is 5.41. The van der Waals surface area contributed by atoms with Crippen molar-refractivity contribution < 1.29 is 14.2 Å². The first-order valence-corrected chi connectivity index (χ1v) is 6.77. The zero-order chi connectivity index (χ0) is 15.1. The summed E-state index contributed by atoms with van der Waals surface area (Å²) in [6.45, 7) is 4.88. The van der Waals surface area contributed by atoms with Gasteiger partial charge in [-0.3, -0.25) is 0 Å². The van der Waals surface area contributed by atoms with Gasteiger partial charge in [-0.25, -0.2) is 0 Å². The van der Waals surface area contributed by atoms with E-state index in [4.69, 9.17) is 14.2 Å². The predicted octanol–water partition coefficient (Wildman–Crippen LogP) is 4.06. The van der Waals surface area contributed by atoms with E-state index in [-0.39, 0.29) is 0 Å². The highest BCUT2D eigenvalue weighted by atomic mass is 16.5. The average Bonchev–Trinajstić information content (AvgIpc) is 2.54. The highest BCUT2D eigenvalue weighted by Gasteiger charge is 2.04. The minimum absolute atomic E-state index is 0.501. The molecule has 3 heteroatoms. The summed E-state index contributed by atoms with van der Waals surface area (Å²) < 4.78 is 16.2. The van der Waals surface area contributed by atoms with E-state index in [0.29, 0.717) is 13.2 Å². The van der Waals surface area contributed by atoms with Crippen molar-refractivity contribution in [2.24, 2.45) is 0 Å². The fraction of sp³-hybridized carbons (Fsp3) is 0.222. The summed E-state index contributed by atoms with van der Waals surface area (Å²) >= 11 is 0. The third-order valence-electron chi connectivity index (χ3n) is 3.16. The Labute approximate surface area is 125 Å². The maximum Gasteiger partial charge on any atom is 0.127 e. The standard InChI is InChI=1S/C18H20O3/c1-4-16-8-5-15(12-19-2)11-18(16)21-13-14-6-9-17(20-3)10-7-14/h4-11H,1,12-13H2,2-3H3. The van der Waals surface area contributed by atoms with Crippen molar-refractivity contribution in [3.8, 4) is 11.5 Å². The normalized spacial score (nSPS) is 10.2. The van der Waals surface area contributed by atoms with Gasteiger partial charge in [0, 0.05) is 12.7 Å². The van der Waals surface area contributed by atoms with E-state index in [1.807, 2.05) is 42.5 Å². The van der Waals surface area contributed by atoms with Gasteiger partial charge in [0.15, 0.2) is 0 Å². The maximum absolute atomic E-state index is 5.91. The van der Waals surface area contributed by atoms with E-state index in [9.17, 15) is 0 Å². The SMILES string of the molecule is C=Cc1ccc(COC)cc1OCc1ccc(OC)cc1. The molecular formula is C18H20O3. The number of benzene rings is 2. The predicted molar refractivity (Wildman–Crippen MR) is 84.6 cm³/mol. The molecule has 3 nitrogen and oxygen atoms in total. The summed E-state index contributed by atoms with van der Waals surface area (Å²) in [6.07, 6.45) is 1.79. The van der Waals surface area contributed by atoms with Crippen molar-refractivity contribution in [1.29, 1.82) is 0 Å². The minimum Gasteiger partial charge on any atom is -0.497 e.